The first-order chi connectivity index (χ1) is 10.9. The van der Waals surface area contributed by atoms with E-state index in [2.05, 4.69) is 52.0 Å². The molecule has 0 N–H and O–H groups in total. The Labute approximate surface area is 139 Å². The Kier molecular flexibility index (Phi) is 4.01. The van der Waals surface area contributed by atoms with Gasteiger partial charge in [-0.3, -0.25) is 4.99 Å². The summed E-state index contributed by atoms with van der Waals surface area (Å²) in [6, 6.07) is 12.9. The van der Waals surface area contributed by atoms with Gasteiger partial charge in [0, 0.05) is 12.1 Å². The average molecular weight is 307 g/mol. The van der Waals surface area contributed by atoms with Gasteiger partial charge in [-0.25, -0.2) is 0 Å². The summed E-state index contributed by atoms with van der Waals surface area (Å²) < 4.78 is 5.25. The molecule has 0 spiro atoms. The van der Waals surface area contributed by atoms with E-state index in [4.69, 9.17) is 9.73 Å². The minimum Gasteiger partial charge on any atom is -0.497 e. The molecule has 1 aliphatic heterocycles. The second-order valence-electron chi connectivity index (χ2n) is 7.17. The summed E-state index contributed by atoms with van der Waals surface area (Å²) in [6.45, 7) is 8.82. The number of methoxy groups -OCH3 is 1. The van der Waals surface area contributed by atoms with Crippen LogP contribution in [0.5, 0.6) is 5.75 Å². The molecule has 0 unspecified atom stereocenters. The smallest absolute Gasteiger partial charge is 0.118 e. The maximum atomic E-state index is 5.25. The molecule has 23 heavy (non-hydrogen) atoms. The molecule has 0 aliphatic carbocycles. The van der Waals surface area contributed by atoms with Crippen LogP contribution in [0.4, 0.5) is 0 Å². The monoisotopic (exact) mass is 307 g/mol. The van der Waals surface area contributed by atoms with Crippen LogP contribution >= 0.6 is 0 Å². The van der Waals surface area contributed by atoms with Gasteiger partial charge in [0.1, 0.15) is 5.75 Å². The minimum absolute atomic E-state index is 0.0312. The van der Waals surface area contributed by atoms with Crippen molar-refractivity contribution in [1.29, 1.82) is 0 Å². The largest absolute Gasteiger partial charge is 0.497 e. The van der Waals surface area contributed by atoms with Gasteiger partial charge in [0.2, 0.25) is 0 Å². The third-order valence-corrected chi connectivity index (χ3v) is 4.62. The number of hydrogen-bond donors (Lipinski definition) is 0. The highest BCUT2D eigenvalue weighted by atomic mass is 16.5. The number of hydrogen-bond acceptors (Lipinski definition) is 2. The zero-order valence-electron chi connectivity index (χ0n) is 14.7. The van der Waals surface area contributed by atoms with Gasteiger partial charge in [0.05, 0.1) is 12.6 Å². The molecule has 0 atom stereocenters. The van der Waals surface area contributed by atoms with Gasteiger partial charge >= 0.3 is 0 Å². The molecule has 2 heteroatoms. The lowest BCUT2D eigenvalue weighted by atomic mass is 9.83. The highest BCUT2D eigenvalue weighted by molar-refractivity contribution is 6.04. The summed E-state index contributed by atoms with van der Waals surface area (Å²) in [5, 5.41) is 0. The molecular formula is C21H25NO. The van der Waals surface area contributed by atoms with Crippen molar-refractivity contribution in [2.24, 2.45) is 4.99 Å². The van der Waals surface area contributed by atoms with E-state index in [0.717, 1.165) is 18.6 Å². The van der Waals surface area contributed by atoms with Gasteiger partial charge in [0.15, 0.2) is 0 Å². The first-order valence-corrected chi connectivity index (χ1v) is 8.20. The van der Waals surface area contributed by atoms with Crippen LogP contribution in [-0.2, 0) is 12.8 Å². The molecule has 0 saturated heterocycles. The lowest BCUT2D eigenvalue weighted by molar-refractivity contribution is 0.414. The van der Waals surface area contributed by atoms with Gasteiger partial charge in [-0.2, -0.15) is 0 Å². The molecule has 3 rings (SSSR count). The van der Waals surface area contributed by atoms with Crippen molar-refractivity contribution in [2.45, 2.75) is 46.1 Å². The van der Waals surface area contributed by atoms with Gasteiger partial charge in [0.25, 0.3) is 0 Å². The number of benzene rings is 2. The van der Waals surface area contributed by atoms with Crippen molar-refractivity contribution in [3.63, 3.8) is 0 Å². The molecule has 0 bridgehead atoms. The van der Waals surface area contributed by atoms with Crippen LogP contribution in [0.1, 0.15) is 41.7 Å². The molecule has 120 valence electrons. The van der Waals surface area contributed by atoms with Crippen molar-refractivity contribution in [3.05, 3.63) is 64.2 Å². The van der Waals surface area contributed by atoms with Crippen molar-refractivity contribution >= 4 is 5.71 Å². The molecule has 0 saturated carbocycles. The predicted molar refractivity (Wildman–Crippen MR) is 96.9 cm³/mol. The van der Waals surface area contributed by atoms with E-state index in [9.17, 15) is 0 Å². The Morgan fingerprint density at radius 1 is 1.04 bits per heavy atom. The number of ether oxygens (including phenoxy) is 1. The van der Waals surface area contributed by atoms with Crippen LogP contribution in [-0.4, -0.2) is 18.4 Å². The molecule has 0 radical (unpaired) electrons. The second kappa shape index (κ2) is 5.84. The van der Waals surface area contributed by atoms with Crippen molar-refractivity contribution in [2.75, 3.05) is 7.11 Å². The third kappa shape index (κ3) is 3.31. The highest BCUT2D eigenvalue weighted by Gasteiger charge is 2.27. The van der Waals surface area contributed by atoms with E-state index in [1.54, 1.807) is 7.11 Å². The number of aliphatic imine (C=N–C) groups is 1. The number of fused-ring (bicyclic) bond motifs is 1. The fraction of sp³-hybridized carbons (Fsp3) is 0.381. The molecular weight excluding hydrogens is 282 g/mol. The summed E-state index contributed by atoms with van der Waals surface area (Å²) >= 11 is 0. The maximum absolute atomic E-state index is 5.25. The SMILES string of the molecule is COc1ccc(CC2=NC(C)(C)Cc3cc(C)c(C)cc32)cc1. The first kappa shape index (κ1) is 15.8. The Bertz CT molecular complexity index is 754. The van der Waals surface area contributed by atoms with Crippen LogP contribution in [0.3, 0.4) is 0 Å². The topological polar surface area (TPSA) is 21.6 Å². The number of rotatable bonds is 3. The molecule has 0 amide bonds. The van der Waals surface area contributed by atoms with Crippen molar-refractivity contribution in [3.8, 4) is 5.75 Å². The van der Waals surface area contributed by atoms with E-state index in [1.807, 2.05) is 12.1 Å². The van der Waals surface area contributed by atoms with Crippen molar-refractivity contribution < 1.29 is 4.74 Å². The minimum atomic E-state index is -0.0312. The van der Waals surface area contributed by atoms with E-state index in [-0.39, 0.29) is 5.54 Å². The second-order valence-corrected chi connectivity index (χ2v) is 7.17. The Hall–Kier alpha value is -2.09. The lowest BCUT2D eigenvalue weighted by Crippen LogP contribution is -2.30. The van der Waals surface area contributed by atoms with E-state index >= 15 is 0 Å². The molecule has 0 fully saturated rings. The van der Waals surface area contributed by atoms with E-state index in [0.29, 0.717) is 0 Å². The van der Waals surface area contributed by atoms with Gasteiger partial charge in [-0.05, 0) is 80.1 Å². The van der Waals surface area contributed by atoms with Gasteiger partial charge in [-0.15, -0.1) is 0 Å². The fourth-order valence-electron chi connectivity index (χ4n) is 3.29. The van der Waals surface area contributed by atoms with Crippen LogP contribution in [0.2, 0.25) is 0 Å². The van der Waals surface area contributed by atoms with Crippen LogP contribution < -0.4 is 4.74 Å². The Balaban J connectivity index is 1.99. The van der Waals surface area contributed by atoms with Gasteiger partial charge < -0.3 is 4.74 Å². The molecule has 2 aromatic rings. The predicted octanol–water partition coefficient (Wildman–Crippen LogP) is 4.68. The maximum Gasteiger partial charge on any atom is 0.118 e. The fourth-order valence-corrected chi connectivity index (χ4v) is 3.29. The summed E-state index contributed by atoms with van der Waals surface area (Å²) in [6.07, 6.45) is 1.87. The lowest BCUT2D eigenvalue weighted by Gasteiger charge is -2.30. The summed E-state index contributed by atoms with van der Waals surface area (Å²) in [5.74, 6) is 0.895. The normalized spacial score (nSPS) is 15.8. The van der Waals surface area contributed by atoms with E-state index in [1.165, 1.54) is 33.5 Å². The average Bonchev–Trinajstić information content (AvgIpc) is 2.49. The zero-order chi connectivity index (χ0) is 16.6. The van der Waals surface area contributed by atoms with Crippen LogP contribution in [0.15, 0.2) is 41.4 Å². The van der Waals surface area contributed by atoms with E-state index < -0.39 is 0 Å². The summed E-state index contributed by atoms with van der Waals surface area (Å²) in [4.78, 5) is 5.05. The zero-order valence-corrected chi connectivity index (χ0v) is 14.7. The molecule has 2 nitrogen and oxygen atoms in total. The Morgan fingerprint density at radius 2 is 1.70 bits per heavy atom. The van der Waals surface area contributed by atoms with Crippen LogP contribution in [0, 0.1) is 13.8 Å². The third-order valence-electron chi connectivity index (χ3n) is 4.62. The molecule has 1 heterocycles. The first-order valence-electron chi connectivity index (χ1n) is 8.20. The van der Waals surface area contributed by atoms with Crippen molar-refractivity contribution in [1.82, 2.24) is 0 Å². The quantitative estimate of drug-likeness (QED) is 0.807. The number of nitrogens with zero attached hydrogens (tertiary/aromatic N) is 1. The van der Waals surface area contributed by atoms with Crippen LogP contribution in [0.25, 0.3) is 0 Å². The molecule has 2 aromatic carbocycles. The summed E-state index contributed by atoms with van der Waals surface area (Å²) in [7, 11) is 1.70. The standard InChI is InChI=1S/C21H25NO/c1-14-10-17-13-21(3,4)22-20(19(17)11-15(14)2)12-16-6-8-18(23-5)9-7-16/h6-11H,12-13H2,1-5H3. The Morgan fingerprint density at radius 3 is 2.35 bits per heavy atom. The highest BCUT2D eigenvalue weighted by Crippen LogP contribution is 2.30. The summed E-state index contributed by atoms with van der Waals surface area (Å²) in [5.41, 5.74) is 7.89. The molecule has 1 aliphatic rings. The number of aryl methyl sites for hydroxylation is 2. The molecule has 0 aromatic heterocycles. The van der Waals surface area contributed by atoms with Gasteiger partial charge in [-0.1, -0.05) is 18.2 Å².